The standard InChI is InChI=1S/C31H35NO3/c1-29(2,3)35-28(33)32-21-26-27(22-32)31(34,25-17-11-6-12-18-25)20-19-30(26,23-13-7-4-8-14-23)24-15-9-5-10-16-24/h4-18,26-27,34H,19-22H2,1-3H3/t26-,27+,31+/m0/s1. The van der Waals surface area contributed by atoms with Crippen molar-refractivity contribution in [3.63, 3.8) is 0 Å². The highest BCUT2D eigenvalue weighted by Crippen LogP contribution is 2.59. The van der Waals surface area contributed by atoms with Gasteiger partial charge in [0.1, 0.15) is 5.60 Å². The highest BCUT2D eigenvalue weighted by atomic mass is 16.6. The van der Waals surface area contributed by atoms with Crippen LogP contribution in [0.2, 0.25) is 0 Å². The molecule has 35 heavy (non-hydrogen) atoms. The molecule has 4 heteroatoms. The van der Waals surface area contributed by atoms with Gasteiger partial charge < -0.3 is 14.7 Å². The van der Waals surface area contributed by atoms with Crippen LogP contribution in [-0.4, -0.2) is 34.8 Å². The van der Waals surface area contributed by atoms with E-state index in [9.17, 15) is 9.90 Å². The fourth-order valence-electron chi connectivity index (χ4n) is 6.46. The summed E-state index contributed by atoms with van der Waals surface area (Å²) in [7, 11) is 0. The first-order valence-corrected chi connectivity index (χ1v) is 12.6. The molecule has 4 nitrogen and oxygen atoms in total. The van der Waals surface area contributed by atoms with Crippen LogP contribution >= 0.6 is 0 Å². The van der Waals surface area contributed by atoms with Gasteiger partial charge in [-0.25, -0.2) is 4.79 Å². The van der Waals surface area contributed by atoms with Gasteiger partial charge in [0.2, 0.25) is 0 Å². The van der Waals surface area contributed by atoms with Crippen LogP contribution < -0.4 is 0 Å². The van der Waals surface area contributed by atoms with Crippen molar-refractivity contribution in [2.24, 2.45) is 11.8 Å². The molecule has 1 saturated carbocycles. The number of ether oxygens (including phenoxy) is 1. The number of hydrogen-bond acceptors (Lipinski definition) is 3. The molecule has 1 amide bonds. The molecule has 0 spiro atoms. The van der Waals surface area contributed by atoms with Crippen molar-refractivity contribution >= 4 is 6.09 Å². The summed E-state index contributed by atoms with van der Waals surface area (Å²) in [5.41, 5.74) is 1.50. The lowest BCUT2D eigenvalue weighted by Gasteiger charge is -2.52. The Morgan fingerprint density at radius 2 is 1.23 bits per heavy atom. The van der Waals surface area contributed by atoms with Crippen molar-refractivity contribution in [2.45, 2.75) is 50.2 Å². The number of nitrogens with zero attached hydrogens (tertiary/aromatic N) is 1. The van der Waals surface area contributed by atoms with Gasteiger partial charge in [0.05, 0.1) is 5.60 Å². The van der Waals surface area contributed by atoms with Gasteiger partial charge in [-0.05, 0) is 56.2 Å². The maximum atomic E-state index is 13.3. The summed E-state index contributed by atoms with van der Waals surface area (Å²) in [6, 6.07) is 31.2. The molecule has 1 saturated heterocycles. The summed E-state index contributed by atoms with van der Waals surface area (Å²) in [5.74, 6) is -0.106. The topological polar surface area (TPSA) is 49.8 Å². The van der Waals surface area contributed by atoms with Crippen molar-refractivity contribution in [3.8, 4) is 0 Å². The van der Waals surface area contributed by atoms with E-state index in [4.69, 9.17) is 4.74 Å². The van der Waals surface area contributed by atoms with E-state index >= 15 is 0 Å². The smallest absolute Gasteiger partial charge is 0.410 e. The third-order valence-corrected chi connectivity index (χ3v) is 7.97. The van der Waals surface area contributed by atoms with Crippen LogP contribution in [0, 0.1) is 11.8 Å². The SMILES string of the molecule is CC(C)(C)OC(=O)N1C[C@@H]2[C@H](C1)C(c1ccccc1)(c1ccccc1)CC[C@@]2(O)c1ccccc1. The molecule has 3 aromatic carbocycles. The zero-order valence-corrected chi connectivity index (χ0v) is 20.9. The molecule has 1 heterocycles. The summed E-state index contributed by atoms with van der Waals surface area (Å²) in [6.07, 6.45) is 1.09. The first kappa shape index (κ1) is 23.6. The number of benzene rings is 3. The van der Waals surface area contributed by atoms with Gasteiger partial charge in [-0.1, -0.05) is 91.0 Å². The second-order valence-electron chi connectivity index (χ2n) is 11.1. The summed E-state index contributed by atoms with van der Waals surface area (Å²) in [6.45, 7) is 6.69. The Morgan fingerprint density at radius 1 is 0.771 bits per heavy atom. The number of carbonyl (C=O) groups excluding carboxylic acids is 1. The molecular formula is C31H35NO3. The van der Waals surface area contributed by atoms with Gasteiger partial charge in [0.15, 0.2) is 0 Å². The molecule has 3 atom stereocenters. The normalized spacial score (nSPS) is 25.7. The molecule has 3 aromatic rings. The van der Waals surface area contributed by atoms with Crippen LogP contribution in [0.15, 0.2) is 91.0 Å². The van der Waals surface area contributed by atoms with Crippen LogP contribution in [-0.2, 0) is 15.8 Å². The maximum absolute atomic E-state index is 13.3. The van der Waals surface area contributed by atoms with Crippen LogP contribution in [0.1, 0.15) is 50.3 Å². The van der Waals surface area contributed by atoms with Gasteiger partial charge >= 0.3 is 6.09 Å². The molecule has 0 radical (unpaired) electrons. The molecule has 182 valence electrons. The molecule has 1 N–H and O–H groups in total. The average Bonchev–Trinajstić information content (AvgIpc) is 3.33. The highest BCUT2D eigenvalue weighted by Gasteiger charge is 2.61. The molecule has 2 fully saturated rings. The Hall–Kier alpha value is -3.11. The molecule has 0 unspecified atom stereocenters. The number of carbonyl (C=O) groups is 1. The lowest BCUT2D eigenvalue weighted by molar-refractivity contribution is -0.0841. The average molecular weight is 470 g/mol. The Labute approximate surface area is 208 Å². The molecule has 0 bridgehead atoms. The zero-order valence-electron chi connectivity index (χ0n) is 20.9. The molecular weight excluding hydrogens is 434 g/mol. The molecule has 5 rings (SSSR count). The van der Waals surface area contributed by atoms with Crippen molar-refractivity contribution in [1.29, 1.82) is 0 Å². The van der Waals surface area contributed by atoms with Crippen molar-refractivity contribution in [1.82, 2.24) is 4.90 Å². The number of fused-ring (bicyclic) bond motifs is 1. The van der Waals surface area contributed by atoms with E-state index in [0.29, 0.717) is 19.5 Å². The van der Waals surface area contributed by atoms with E-state index in [1.165, 1.54) is 11.1 Å². The lowest BCUT2D eigenvalue weighted by atomic mass is 9.52. The predicted molar refractivity (Wildman–Crippen MR) is 138 cm³/mol. The van der Waals surface area contributed by atoms with Crippen LogP contribution in [0.4, 0.5) is 4.79 Å². The molecule has 2 aliphatic rings. The first-order chi connectivity index (χ1) is 16.7. The number of rotatable bonds is 3. The first-order valence-electron chi connectivity index (χ1n) is 12.6. The van der Waals surface area contributed by atoms with Crippen LogP contribution in [0.3, 0.4) is 0 Å². The Bertz CT molecular complexity index is 1120. The van der Waals surface area contributed by atoms with Gasteiger partial charge in [-0.2, -0.15) is 0 Å². The van der Waals surface area contributed by atoms with E-state index in [1.807, 2.05) is 68.1 Å². The molecule has 0 aromatic heterocycles. The third kappa shape index (κ3) is 4.14. The van der Waals surface area contributed by atoms with E-state index in [1.54, 1.807) is 0 Å². The minimum atomic E-state index is -1.02. The minimum Gasteiger partial charge on any atom is -0.444 e. The van der Waals surface area contributed by atoms with Crippen LogP contribution in [0.25, 0.3) is 0 Å². The fraction of sp³-hybridized carbons (Fsp3) is 0.387. The van der Waals surface area contributed by atoms with E-state index in [-0.39, 0.29) is 23.3 Å². The molecule has 1 aliphatic heterocycles. The van der Waals surface area contributed by atoms with Gasteiger partial charge in [-0.15, -0.1) is 0 Å². The second kappa shape index (κ2) is 8.83. The number of hydrogen-bond donors (Lipinski definition) is 1. The largest absolute Gasteiger partial charge is 0.444 e. The summed E-state index contributed by atoms with van der Waals surface area (Å²) < 4.78 is 5.79. The summed E-state index contributed by atoms with van der Waals surface area (Å²) in [4.78, 5) is 15.1. The molecule has 1 aliphatic carbocycles. The van der Waals surface area contributed by atoms with E-state index in [2.05, 4.69) is 48.5 Å². The van der Waals surface area contributed by atoms with Crippen molar-refractivity contribution < 1.29 is 14.6 Å². The maximum Gasteiger partial charge on any atom is 0.410 e. The van der Waals surface area contributed by atoms with Crippen molar-refractivity contribution in [3.05, 3.63) is 108 Å². The zero-order chi connectivity index (χ0) is 24.7. The Kier molecular flexibility index (Phi) is 5.96. The highest BCUT2D eigenvalue weighted by molar-refractivity contribution is 5.69. The monoisotopic (exact) mass is 469 g/mol. The fourth-order valence-corrected chi connectivity index (χ4v) is 6.46. The van der Waals surface area contributed by atoms with Crippen molar-refractivity contribution in [2.75, 3.05) is 13.1 Å². The number of likely N-dealkylation sites (tertiary alicyclic amines) is 1. The number of aliphatic hydroxyl groups is 1. The second-order valence-corrected chi connectivity index (χ2v) is 11.1. The van der Waals surface area contributed by atoms with Gasteiger partial charge in [0, 0.05) is 24.4 Å². The quantitative estimate of drug-likeness (QED) is 0.501. The third-order valence-electron chi connectivity index (χ3n) is 7.97. The van der Waals surface area contributed by atoms with E-state index < -0.39 is 11.2 Å². The van der Waals surface area contributed by atoms with Crippen LogP contribution in [0.5, 0.6) is 0 Å². The Balaban J connectivity index is 1.65. The van der Waals surface area contributed by atoms with E-state index in [0.717, 1.165) is 12.0 Å². The summed E-state index contributed by atoms with van der Waals surface area (Å²) >= 11 is 0. The van der Waals surface area contributed by atoms with Gasteiger partial charge in [-0.3, -0.25) is 0 Å². The lowest BCUT2D eigenvalue weighted by Crippen LogP contribution is -2.53. The summed E-state index contributed by atoms with van der Waals surface area (Å²) in [5, 5.41) is 12.3. The van der Waals surface area contributed by atoms with Gasteiger partial charge in [0.25, 0.3) is 0 Å². The predicted octanol–water partition coefficient (Wildman–Crippen LogP) is 6.14. The minimum absolute atomic E-state index is 0.0266. The number of amides is 1. The Morgan fingerprint density at radius 3 is 1.71 bits per heavy atom.